The minimum absolute atomic E-state index is 0.303. The van der Waals surface area contributed by atoms with E-state index in [9.17, 15) is 4.79 Å². The predicted octanol–water partition coefficient (Wildman–Crippen LogP) is 4.61. The molecule has 0 aromatic heterocycles. The molecule has 2 aromatic carbocycles. The highest BCUT2D eigenvalue weighted by Crippen LogP contribution is 2.33. The van der Waals surface area contributed by atoms with Crippen LogP contribution in [0.4, 0.5) is 17.1 Å². The highest BCUT2D eigenvalue weighted by atomic mass is 79.9. The summed E-state index contributed by atoms with van der Waals surface area (Å²) >= 11 is 9.34. The van der Waals surface area contributed by atoms with Crippen molar-refractivity contribution in [2.45, 2.75) is 6.92 Å². The van der Waals surface area contributed by atoms with E-state index in [1.54, 1.807) is 43.3 Å². The monoisotopic (exact) mass is 368 g/mol. The lowest BCUT2D eigenvalue weighted by molar-refractivity contribution is 0.0527. The number of para-hydroxylation sites is 1. The average Bonchev–Trinajstić information content (AvgIpc) is 2.43. The molecule has 0 saturated heterocycles. The number of hydrogen-bond acceptors (Lipinski definition) is 4. The predicted molar refractivity (Wildman–Crippen MR) is 89.2 cm³/mol. The van der Waals surface area contributed by atoms with Crippen LogP contribution in [0, 0.1) is 0 Å². The Morgan fingerprint density at radius 2 is 2.14 bits per heavy atom. The molecule has 0 fully saturated rings. The highest BCUT2D eigenvalue weighted by Gasteiger charge is 2.15. The van der Waals surface area contributed by atoms with Gasteiger partial charge in [0.15, 0.2) is 0 Å². The fourth-order valence-corrected chi connectivity index (χ4v) is 2.60. The van der Waals surface area contributed by atoms with Crippen molar-refractivity contribution in [2.24, 2.45) is 0 Å². The van der Waals surface area contributed by atoms with Crippen molar-refractivity contribution in [1.29, 1.82) is 0 Å². The molecule has 0 spiro atoms. The van der Waals surface area contributed by atoms with E-state index < -0.39 is 5.97 Å². The summed E-state index contributed by atoms with van der Waals surface area (Å²) in [5, 5.41) is 3.75. The number of nitrogens with two attached hydrogens (primary N) is 1. The van der Waals surface area contributed by atoms with Crippen molar-refractivity contribution < 1.29 is 9.53 Å². The summed E-state index contributed by atoms with van der Waals surface area (Å²) in [7, 11) is 0. The van der Waals surface area contributed by atoms with Crippen molar-refractivity contribution in [1.82, 2.24) is 0 Å². The number of esters is 1. The van der Waals surface area contributed by atoms with Crippen molar-refractivity contribution in [3.63, 3.8) is 0 Å². The molecule has 110 valence electrons. The number of nitrogen functional groups attached to an aromatic ring is 1. The van der Waals surface area contributed by atoms with E-state index in [0.717, 1.165) is 10.2 Å². The third-order valence-corrected chi connectivity index (χ3v) is 3.67. The molecular weight excluding hydrogens is 356 g/mol. The van der Waals surface area contributed by atoms with Crippen LogP contribution in [0.25, 0.3) is 0 Å². The van der Waals surface area contributed by atoms with Gasteiger partial charge in [-0.2, -0.15) is 0 Å². The molecule has 0 amide bonds. The van der Waals surface area contributed by atoms with Crippen LogP contribution in [-0.2, 0) is 4.74 Å². The van der Waals surface area contributed by atoms with E-state index in [1.165, 1.54) is 0 Å². The maximum Gasteiger partial charge on any atom is 0.340 e. The zero-order valence-electron chi connectivity index (χ0n) is 11.3. The van der Waals surface area contributed by atoms with E-state index in [2.05, 4.69) is 21.2 Å². The number of carbonyl (C=O) groups excluding carboxylic acids is 1. The molecule has 0 bridgehead atoms. The van der Waals surface area contributed by atoms with E-state index in [0.29, 0.717) is 28.6 Å². The minimum Gasteiger partial charge on any atom is -0.462 e. The number of anilines is 3. The fourth-order valence-electron chi connectivity index (χ4n) is 1.81. The van der Waals surface area contributed by atoms with Crippen LogP contribution in [0.5, 0.6) is 0 Å². The molecule has 2 aromatic rings. The van der Waals surface area contributed by atoms with Crippen LogP contribution in [0.2, 0.25) is 5.02 Å². The van der Waals surface area contributed by atoms with Gasteiger partial charge in [-0.05, 0) is 53.2 Å². The largest absolute Gasteiger partial charge is 0.462 e. The first kappa shape index (κ1) is 15.7. The summed E-state index contributed by atoms with van der Waals surface area (Å²) in [6, 6.07) is 10.4. The van der Waals surface area contributed by atoms with Crippen LogP contribution < -0.4 is 11.1 Å². The maximum atomic E-state index is 12.0. The van der Waals surface area contributed by atoms with Crippen molar-refractivity contribution in [3.05, 3.63) is 51.5 Å². The number of ether oxygens (including phenoxy) is 1. The van der Waals surface area contributed by atoms with Gasteiger partial charge in [-0.1, -0.05) is 17.7 Å². The molecule has 0 aliphatic heterocycles. The van der Waals surface area contributed by atoms with Gasteiger partial charge in [-0.25, -0.2) is 4.79 Å². The lowest BCUT2D eigenvalue weighted by Gasteiger charge is -2.15. The number of halogens is 2. The van der Waals surface area contributed by atoms with Crippen LogP contribution in [-0.4, -0.2) is 12.6 Å². The second-order valence-electron chi connectivity index (χ2n) is 4.24. The zero-order chi connectivity index (χ0) is 15.4. The van der Waals surface area contributed by atoms with Crippen LogP contribution >= 0.6 is 27.5 Å². The lowest BCUT2D eigenvalue weighted by atomic mass is 10.1. The standard InChI is InChI=1S/C15H14BrClN2O2/c1-2-21-15(20)10-4-3-5-12(18)14(10)19-13-7-6-9(17)8-11(13)16/h3-8,19H,2,18H2,1H3. The van der Waals surface area contributed by atoms with Crippen LogP contribution in [0.1, 0.15) is 17.3 Å². The quantitative estimate of drug-likeness (QED) is 0.610. The van der Waals surface area contributed by atoms with Gasteiger partial charge >= 0.3 is 5.97 Å². The van der Waals surface area contributed by atoms with E-state index in [-0.39, 0.29) is 0 Å². The number of hydrogen-bond donors (Lipinski definition) is 2. The Labute approximate surface area is 136 Å². The van der Waals surface area contributed by atoms with Crippen molar-refractivity contribution >= 4 is 50.6 Å². The van der Waals surface area contributed by atoms with Gasteiger partial charge in [0, 0.05) is 9.50 Å². The van der Waals surface area contributed by atoms with Gasteiger partial charge in [0.05, 0.1) is 29.2 Å². The first-order valence-electron chi connectivity index (χ1n) is 6.30. The Hall–Kier alpha value is -1.72. The Morgan fingerprint density at radius 1 is 1.38 bits per heavy atom. The Balaban J connectivity index is 2.41. The summed E-state index contributed by atoms with van der Waals surface area (Å²) in [4.78, 5) is 12.0. The second kappa shape index (κ2) is 6.83. The second-order valence-corrected chi connectivity index (χ2v) is 5.53. The maximum absolute atomic E-state index is 12.0. The molecular formula is C15H14BrClN2O2. The average molecular weight is 370 g/mol. The molecule has 0 aliphatic rings. The molecule has 0 radical (unpaired) electrons. The molecule has 0 unspecified atom stereocenters. The summed E-state index contributed by atoms with van der Waals surface area (Å²) in [5.41, 5.74) is 8.09. The molecule has 0 heterocycles. The minimum atomic E-state index is -0.419. The number of benzene rings is 2. The Bertz CT molecular complexity index is 677. The van der Waals surface area contributed by atoms with Gasteiger partial charge < -0.3 is 15.8 Å². The number of rotatable bonds is 4. The molecule has 4 nitrogen and oxygen atoms in total. The molecule has 0 saturated carbocycles. The normalized spacial score (nSPS) is 10.2. The summed E-state index contributed by atoms with van der Waals surface area (Å²) < 4.78 is 5.81. The molecule has 6 heteroatoms. The molecule has 0 aliphatic carbocycles. The summed E-state index contributed by atoms with van der Waals surface area (Å²) in [5.74, 6) is -0.419. The summed E-state index contributed by atoms with van der Waals surface area (Å²) in [6.45, 7) is 2.06. The first-order valence-corrected chi connectivity index (χ1v) is 7.47. The first-order chi connectivity index (χ1) is 10.0. The molecule has 0 atom stereocenters. The topological polar surface area (TPSA) is 64.3 Å². The molecule has 2 rings (SSSR count). The third kappa shape index (κ3) is 3.68. The fraction of sp³-hybridized carbons (Fsp3) is 0.133. The van der Waals surface area contributed by atoms with Gasteiger partial charge in [-0.3, -0.25) is 0 Å². The van der Waals surface area contributed by atoms with Gasteiger partial charge in [-0.15, -0.1) is 0 Å². The van der Waals surface area contributed by atoms with E-state index in [1.807, 2.05) is 0 Å². The van der Waals surface area contributed by atoms with Gasteiger partial charge in [0.2, 0.25) is 0 Å². The Kier molecular flexibility index (Phi) is 5.09. The van der Waals surface area contributed by atoms with Gasteiger partial charge in [0.1, 0.15) is 0 Å². The third-order valence-electron chi connectivity index (χ3n) is 2.78. The van der Waals surface area contributed by atoms with E-state index >= 15 is 0 Å². The summed E-state index contributed by atoms with van der Waals surface area (Å²) in [6.07, 6.45) is 0. The number of nitrogens with one attached hydrogen (secondary N) is 1. The van der Waals surface area contributed by atoms with Crippen LogP contribution in [0.15, 0.2) is 40.9 Å². The lowest BCUT2D eigenvalue weighted by Crippen LogP contribution is -2.09. The molecule has 21 heavy (non-hydrogen) atoms. The van der Waals surface area contributed by atoms with Crippen molar-refractivity contribution in [2.75, 3.05) is 17.7 Å². The van der Waals surface area contributed by atoms with Gasteiger partial charge in [0.25, 0.3) is 0 Å². The van der Waals surface area contributed by atoms with Crippen molar-refractivity contribution in [3.8, 4) is 0 Å². The SMILES string of the molecule is CCOC(=O)c1cccc(N)c1Nc1ccc(Cl)cc1Br. The smallest absolute Gasteiger partial charge is 0.340 e. The van der Waals surface area contributed by atoms with E-state index in [4.69, 9.17) is 22.1 Å². The van der Waals surface area contributed by atoms with Crippen LogP contribution in [0.3, 0.4) is 0 Å². The number of carbonyl (C=O) groups is 1. The zero-order valence-corrected chi connectivity index (χ0v) is 13.7. The molecule has 3 N–H and O–H groups in total. The highest BCUT2D eigenvalue weighted by molar-refractivity contribution is 9.10. The Morgan fingerprint density at radius 3 is 2.81 bits per heavy atom.